The van der Waals surface area contributed by atoms with Gasteiger partial charge >= 0.3 is 5.97 Å². The number of halogens is 5. The van der Waals surface area contributed by atoms with Gasteiger partial charge in [-0.15, -0.1) is 0 Å². The molecule has 0 spiro atoms. The Bertz CT molecular complexity index is 548. The van der Waals surface area contributed by atoms with Crippen LogP contribution in [-0.2, 0) is 4.79 Å². The van der Waals surface area contributed by atoms with Crippen LogP contribution in [0.3, 0.4) is 0 Å². The highest BCUT2D eigenvalue weighted by Crippen LogP contribution is 2.33. The predicted octanol–water partition coefficient (Wildman–Crippen LogP) is 4.82. The van der Waals surface area contributed by atoms with Gasteiger partial charge in [-0.1, -0.05) is 58.0 Å². The van der Waals surface area contributed by atoms with E-state index in [1.807, 2.05) is 0 Å². The molecule has 4 nitrogen and oxygen atoms in total. The second kappa shape index (κ2) is 7.22. The van der Waals surface area contributed by atoms with E-state index in [1.54, 1.807) is 0 Å². The summed E-state index contributed by atoms with van der Waals surface area (Å²) in [5, 5.41) is 12.3. The molecule has 0 aliphatic carbocycles. The lowest BCUT2D eigenvalue weighted by molar-refractivity contribution is -0.131. The lowest BCUT2D eigenvalue weighted by atomic mass is 10.3. The summed E-state index contributed by atoms with van der Waals surface area (Å²) in [5.41, 5.74) is 2.82. The molecule has 0 aliphatic heterocycles. The molecule has 1 aromatic rings. The van der Waals surface area contributed by atoms with Gasteiger partial charge in [-0.2, -0.15) is 5.10 Å². The van der Waals surface area contributed by atoms with Gasteiger partial charge in [-0.05, 0) is 12.1 Å². The Balaban J connectivity index is 2.89. The molecule has 1 aromatic carbocycles. The Morgan fingerprint density at radius 3 is 2.21 bits per heavy atom. The first-order valence-corrected chi connectivity index (χ1v) is 6.44. The molecule has 0 saturated carbocycles. The second-order valence-electron chi connectivity index (χ2n) is 3.08. The van der Waals surface area contributed by atoms with Crippen LogP contribution in [0.25, 0.3) is 0 Å². The van der Waals surface area contributed by atoms with Crippen molar-refractivity contribution in [2.24, 2.45) is 5.10 Å². The molecule has 0 bridgehead atoms. The van der Waals surface area contributed by atoms with E-state index >= 15 is 0 Å². The lowest BCUT2D eigenvalue weighted by Gasteiger charge is -2.06. The molecule has 0 saturated heterocycles. The highest BCUT2D eigenvalue weighted by Gasteiger charge is 2.09. The molecule has 2 N–H and O–H groups in total. The zero-order valence-electron chi connectivity index (χ0n) is 8.92. The SMILES string of the molecule is O=C(O)/C(Cl)=C(Cl)/C=N/Nc1c(Cl)cc(Cl)cc1Cl. The summed E-state index contributed by atoms with van der Waals surface area (Å²) in [6.07, 6.45) is 1.01. The van der Waals surface area contributed by atoms with Gasteiger partial charge < -0.3 is 5.11 Å². The van der Waals surface area contributed by atoms with Crippen LogP contribution in [0.4, 0.5) is 5.69 Å². The van der Waals surface area contributed by atoms with Gasteiger partial charge in [0.1, 0.15) is 5.03 Å². The van der Waals surface area contributed by atoms with Gasteiger partial charge in [0.2, 0.25) is 0 Å². The highest BCUT2D eigenvalue weighted by atomic mass is 35.5. The number of hydrogen-bond acceptors (Lipinski definition) is 3. The summed E-state index contributed by atoms with van der Waals surface area (Å²) in [4.78, 5) is 10.5. The van der Waals surface area contributed by atoms with Gasteiger partial charge in [0.15, 0.2) is 0 Å². The van der Waals surface area contributed by atoms with Crippen LogP contribution >= 0.6 is 58.0 Å². The van der Waals surface area contributed by atoms with Crippen LogP contribution in [0.5, 0.6) is 0 Å². The van der Waals surface area contributed by atoms with Crippen molar-refractivity contribution in [3.8, 4) is 0 Å². The third kappa shape index (κ3) is 4.75. The maximum Gasteiger partial charge on any atom is 0.348 e. The summed E-state index contributed by atoms with van der Waals surface area (Å²) in [6, 6.07) is 2.93. The van der Waals surface area contributed by atoms with Crippen LogP contribution in [0.2, 0.25) is 15.1 Å². The van der Waals surface area contributed by atoms with Crippen molar-refractivity contribution in [1.29, 1.82) is 0 Å². The zero-order valence-corrected chi connectivity index (χ0v) is 12.7. The molecule has 19 heavy (non-hydrogen) atoms. The van der Waals surface area contributed by atoms with Crippen LogP contribution in [0.1, 0.15) is 0 Å². The van der Waals surface area contributed by atoms with Crippen molar-refractivity contribution >= 4 is 75.9 Å². The number of nitrogens with zero attached hydrogens (tertiary/aromatic N) is 1. The number of hydrogen-bond donors (Lipinski definition) is 2. The Hall–Kier alpha value is -0.650. The van der Waals surface area contributed by atoms with E-state index in [4.69, 9.17) is 63.1 Å². The predicted molar refractivity (Wildman–Crippen MR) is 80.0 cm³/mol. The van der Waals surface area contributed by atoms with Gasteiger partial charge in [0.05, 0.1) is 27.0 Å². The van der Waals surface area contributed by atoms with E-state index in [0.717, 1.165) is 6.21 Å². The van der Waals surface area contributed by atoms with Crippen LogP contribution in [-0.4, -0.2) is 17.3 Å². The molecular formula is C10H5Cl5N2O2. The Kier molecular flexibility index (Phi) is 6.23. The molecular weight excluding hydrogens is 357 g/mol. The van der Waals surface area contributed by atoms with Crippen LogP contribution in [0.15, 0.2) is 27.3 Å². The Morgan fingerprint density at radius 2 is 1.74 bits per heavy atom. The molecule has 0 unspecified atom stereocenters. The second-order valence-corrected chi connectivity index (χ2v) is 5.12. The van der Waals surface area contributed by atoms with E-state index in [1.165, 1.54) is 12.1 Å². The van der Waals surface area contributed by atoms with E-state index in [9.17, 15) is 4.79 Å². The summed E-state index contributed by atoms with van der Waals surface area (Å²) < 4.78 is 0. The monoisotopic (exact) mass is 360 g/mol. The maximum atomic E-state index is 10.5. The zero-order chi connectivity index (χ0) is 14.6. The summed E-state index contributed by atoms with van der Waals surface area (Å²) in [6.45, 7) is 0. The van der Waals surface area contributed by atoms with Crippen molar-refractivity contribution < 1.29 is 9.90 Å². The molecule has 0 radical (unpaired) electrons. The molecule has 1 rings (SSSR count). The van der Waals surface area contributed by atoms with Crippen molar-refractivity contribution in [3.63, 3.8) is 0 Å². The average Bonchev–Trinajstić information content (AvgIpc) is 2.30. The molecule has 0 aromatic heterocycles. The third-order valence-electron chi connectivity index (χ3n) is 1.76. The number of carbonyl (C=O) groups is 1. The van der Waals surface area contributed by atoms with Gasteiger partial charge in [-0.3, -0.25) is 5.43 Å². The highest BCUT2D eigenvalue weighted by molar-refractivity contribution is 6.51. The summed E-state index contributed by atoms with van der Waals surface area (Å²) in [5.74, 6) is -1.36. The smallest absolute Gasteiger partial charge is 0.348 e. The summed E-state index contributed by atoms with van der Waals surface area (Å²) >= 11 is 28.5. The van der Waals surface area contributed by atoms with Crippen molar-refractivity contribution in [2.75, 3.05) is 5.43 Å². The molecule has 0 fully saturated rings. The minimum absolute atomic E-state index is 0.247. The number of benzene rings is 1. The number of rotatable bonds is 4. The first kappa shape index (κ1) is 16.4. The summed E-state index contributed by atoms with van der Waals surface area (Å²) in [7, 11) is 0. The molecule has 0 aliphatic rings. The normalized spacial score (nSPS) is 12.5. The first-order valence-electron chi connectivity index (χ1n) is 4.55. The lowest BCUT2D eigenvalue weighted by Crippen LogP contribution is -1.98. The van der Waals surface area contributed by atoms with Crippen molar-refractivity contribution in [3.05, 3.63) is 37.3 Å². The standard InChI is InChI=1S/C10H5Cl5N2O2/c11-4-1-5(12)9(6(13)2-4)17-16-3-7(14)8(15)10(18)19/h1-3,17H,(H,18,19)/b8-7+,16-3+. The number of aliphatic carboxylic acids is 1. The average molecular weight is 362 g/mol. The minimum atomic E-state index is -1.36. The van der Waals surface area contributed by atoms with Crippen LogP contribution in [0, 0.1) is 0 Å². The molecule has 0 amide bonds. The van der Waals surface area contributed by atoms with Gasteiger partial charge in [0.25, 0.3) is 0 Å². The minimum Gasteiger partial charge on any atom is -0.477 e. The molecule has 102 valence electrons. The fraction of sp³-hybridized carbons (Fsp3) is 0. The number of carboxylic acids is 1. The number of anilines is 1. The number of hydrazone groups is 1. The topological polar surface area (TPSA) is 61.7 Å². The number of carboxylic acid groups (broad SMARTS) is 1. The van der Waals surface area contributed by atoms with E-state index in [0.29, 0.717) is 10.7 Å². The third-order valence-corrected chi connectivity index (χ3v) is 3.32. The Labute approximate surface area is 133 Å². The van der Waals surface area contributed by atoms with E-state index < -0.39 is 11.0 Å². The van der Waals surface area contributed by atoms with Gasteiger partial charge in [0, 0.05) is 5.02 Å². The van der Waals surface area contributed by atoms with Crippen molar-refractivity contribution in [2.45, 2.75) is 0 Å². The number of nitrogens with one attached hydrogen (secondary N) is 1. The van der Waals surface area contributed by atoms with E-state index in [2.05, 4.69) is 10.5 Å². The Morgan fingerprint density at radius 1 is 1.21 bits per heavy atom. The fourth-order valence-electron chi connectivity index (χ4n) is 0.961. The molecule has 0 atom stereocenters. The quantitative estimate of drug-likeness (QED) is 0.459. The number of allylic oxidation sites excluding steroid dienone is 1. The van der Waals surface area contributed by atoms with Crippen LogP contribution < -0.4 is 5.43 Å². The molecule has 9 heteroatoms. The van der Waals surface area contributed by atoms with Gasteiger partial charge in [-0.25, -0.2) is 4.79 Å². The fourth-order valence-corrected chi connectivity index (χ4v) is 2.04. The van der Waals surface area contributed by atoms with Crippen molar-refractivity contribution in [1.82, 2.24) is 0 Å². The molecule has 0 heterocycles. The largest absolute Gasteiger partial charge is 0.477 e. The first-order chi connectivity index (χ1) is 8.82. The van der Waals surface area contributed by atoms with E-state index in [-0.39, 0.29) is 15.1 Å². The maximum absolute atomic E-state index is 10.5.